The van der Waals surface area contributed by atoms with Crippen molar-refractivity contribution < 1.29 is 14.3 Å². The van der Waals surface area contributed by atoms with Gasteiger partial charge in [0.2, 0.25) is 0 Å². The maximum Gasteiger partial charge on any atom is 0.337 e. The van der Waals surface area contributed by atoms with Gasteiger partial charge in [0.15, 0.2) is 11.5 Å². The second-order valence-electron chi connectivity index (χ2n) is 6.37. The number of hydrazone groups is 1. The van der Waals surface area contributed by atoms with Crippen LogP contribution < -0.4 is 14.8 Å². The van der Waals surface area contributed by atoms with Crippen LogP contribution in [0.5, 0.6) is 11.5 Å². The number of methoxy groups -OCH3 is 2. The van der Waals surface area contributed by atoms with Crippen LogP contribution >= 0.6 is 27.5 Å². The molecule has 28 heavy (non-hydrogen) atoms. The molecule has 6 nitrogen and oxygen atoms in total. The van der Waals surface area contributed by atoms with E-state index in [1.807, 2.05) is 37.3 Å². The van der Waals surface area contributed by atoms with Crippen molar-refractivity contribution in [1.82, 2.24) is 10.3 Å². The lowest BCUT2D eigenvalue weighted by atomic mass is 9.94. The lowest BCUT2D eigenvalue weighted by Gasteiger charge is -2.22. The fourth-order valence-electron chi connectivity index (χ4n) is 3.25. The monoisotopic (exact) mass is 465 g/mol. The molecular weight excluding hydrogens is 446 g/mol. The van der Waals surface area contributed by atoms with Crippen molar-refractivity contribution in [2.75, 3.05) is 21.3 Å². The first-order chi connectivity index (χ1) is 13.4. The molecule has 0 radical (unpaired) electrons. The summed E-state index contributed by atoms with van der Waals surface area (Å²) in [5, 5.41) is 9.21. The molecule has 3 rings (SSSR count). The summed E-state index contributed by atoms with van der Waals surface area (Å²) in [5.74, 6) is 0.982. The van der Waals surface area contributed by atoms with Crippen LogP contribution in [0.2, 0.25) is 5.02 Å². The zero-order chi connectivity index (χ0) is 20.4. The lowest BCUT2D eigenvalue weighted by Crippen LogP contribution is -2.41. The molecule has 1 aliphatic rings. The van der Waals surface area contributed by atoms with Gasteiger partial charge in [-0.3, -0.25) is 0 Å². The number of hydrogen-bond acceptors (Lipinski definition) is 4. The molecule has 2 amide bonds. The highest BCUT2D eigenvalue weighted by Gasteiger charge is 2.30. The van der Waals surface area contributed by atoms with Gasteiger partial charge < -0.3 is 14.8 Å². The SMILES string of the molecule is CNC(=O)N1N=C(c2ccc(Br)cc2)c2c(cc(OC)c(OC)c2Cl)CC1C. The number of urea groups is 1. The van der Waals surface area contributed by atoms with E-state index in [2.05, 4.69) is 21.2 Å². The number of hydrogen-bond donors (Lipinski definition) is 1. The Kier molecular flexibility index (Phi) is 6.15. The Morgan fingerprint density at radius 1 is 1.29 bits per heavy atom. The number of rotatable bonds is 3. The van der Waals surface area contributed by atoms with Crippen molar-refractivity contribution in [1.29, 1.82) is 0 Å². The molecule has 148 valence electrons. The minimum atomic E-state index is -0.287. The second-order valence-corrected chi connectivity index (χ2v) is 7.66. The Morgan fingerprint density at radius 3 is 2.54 bits per heavy atom. The highest BCUT2D eigenvalue weighted by Crippen LogP contribution is 2.42. The number of halogens is 2. The number of amides is 2. The van der Waals surface area contributed by atoms with Gasteiger partial charge in [0, 0.05) is 22.6 Å². The van der Waals surface area contributed by atoms with E-state index in [9.17, 15) is 4.79 Å². The van der Waals surface area contributed by atoms with Gasteiger partial charge in [0.25, 0.3) is 0 Å². The molecule has 1 atom stereocenters. The standard InChI is InChI=1S/C20H21BrClN3O3/c1-11-9-13-10-15(27-3)19(28-4)17(22)16(13)18(24-25(11)20(26)23-2)12-5-7-14(21)8-6-12/h5-8,10-11H,9H2,1-4H3,(H,23,26). The van der Waals surface area contributed by atoms with E-state index < -0.39 is 0 Å². The molecule has 1 N–H and O–H groups in total. The van der Waals surface area contributed by atoms with Gasteiger partial charge in [-0.2, -0.15) is 5.10 Å². The average Bonchev–Trinajstić information content (AvgIpc) is 2.84. The molecule has 1 unspecified atom stereocenters. The average molecular weight is 467 g/mol. The van der Waals surface area contributed by atoms with Crippen LogP contribution in [0, 0.1) is 0 Å². The molecule has 0 saturated heterocycles. The number of benzene rings is 2. The van der Waals surface area contributed by atoms with Gasteiger partial charge in [-0.1, -0.05) is 39.7 Å². The minimum absolute atomic E-state index is 0.180. The highest BCUT2D eigenvalue weighted by molar-refractivity contribution is 9.10. The van der Waals surface area contributed by atoms with E-state index >= 15 is 0 Å². The summed E-state index contributed by atoms with van der Waals surface area (Å²) >= 11 is 10.2. The number of nitrogens with zero attached hydrogens (tertiary/aromatic N) is 2. The summed E-state index contributed by atoms with van der Waals surface area (Å²) in [7, 11) is 4.70. The first-order valence-corrected chi connectivity index (χ1v) is 9.87. The fourth-order valence-corrected chi connectivity index (χ4v) is 3.89. The third-order valence-corrected chi connectivity index (χ3v) is 5.50. The van der Waals surface area contributed by atoms with E-state index in [-0.39, 0.29) is 12.1 Å². The van der Waals surface area contributed by atoms with Crippen LogP contribution in [0.4, 0.5) is 4.79 Å². The van der Waals surface area contributed by atoms with Gasteiger partial charge in [-0.25, -0.2) is 9.80 Å². The van der Waals surface area contributed by atoms with Crippen molar-refractivity contribution in [2.24, 2.45) is 5.10 Å². The molecule has 0 saturated carbocycles. The van der Waals surface area contributed by atoms with E-state index in [0.29, 0.717) is 28.7 Å². The predicted molar refractivity (Wildman–Crippen MR) is 114 cm³/mol. The molecule has 0 bridgehead atoms. The Labute approximate surface area is 177 Å². The Bertz CT molecular complexity index is 931. The molecule has 0 spiro atoms. The highest BCUT2D eigenvalue weighted by atomic mass is 79.9. The van der Waals surface area contributed by atoms with Crippen molar-refractivity contribution in [2.45, 2.75) is 19.4 Å². The predicted octanol–water partition coefficient (Wildman–Crippen LogP) is 4.46. The van der Waals surface area contributed by atoms with Crippen molar-refractivity contribution in [3.05, 3.63) is 56.5 Å². The minimum Gasteiger partial charge on any atom is -0.493 e. The van der Waals surface area contributed by atoms with E-state index in [4.69, 9.17) is 26.2 Å². The molecule has 2 aromatic carbocycles. The Balaban J connectivity index is 2.31. The van der Waals surface area contributed by atoms with Crippen LogP contribution in [-0.4, -0.2) is 44.1 Å². The first-order valence-electron chi connectivity index (χ1n) is 8.70. The molecule has 0 aliphatic carbocycles. The van der Waals surface area contributed by atoms with E-state index in [0.717, 1.165) is 21.2 Å². The molecule has 1 aliphatic heterocycles. The zero-order valence-electron chi connectivity index (χ0n) is 16.0. The molecule has 0 aromatic heterocycles. The number of carbonyl (C=O) groups is 1. The summed E-state index contributed by atoms with van der Waals surface area (Å²) in [6, 6.07) is 9.13. The first kappa shape index (κ1) is 20.5. The maximum absolute atomic E-state index is 12.5. The summed E-state index contributed by atoms with van der Waals surface area (Å²) < 4.78 is 11.9. The van der Waals surface area contributed by atoms with Crippen molar-refractivity contribution >= 4 is 39.3 Å². The summed E-state index contributed by atoms with van der Waals surface area (Å²) in [5.41, 5.74) is 3.10. The van der Waals surface area contributed by atoms with Crippen molar-refractivity contribution in [3.8, 4) is 11.5 Å². The van der Waals surface area contributed by atoms with Gasteiger partial charge in [0.1, 0.15) is 5.71 Å². The van der Waals surface area contributed by atoms with Gasteiger partial charge in [0.05, 0.1) is 25.3 Å². The zero-order valence-corrected chi connectivity index (χ0v) is 18.4. The Morgan fingerprint density at radius 2 is 1.96 bits per heavy atom. The molecule has 0 fully saturated rings. The smallest absolute Gasteiger partial charge is 0.337 e. The van der Waals surface area contributed by atoms with Crippen LogP contribution in [-0.2, 0) is 6.42 Å². The van der Waals surface area contributed by atoms with Gasteiger partial charge >= 0.3 is 6.03 Å². The fraction of sp³-hybridized carbons (Fsp3) is 0.300. The molecular formula is C20H21BrClN3O3. The number of nitrogens with one attached hydrogen (secondary N) is 1. The largest absolute Gasteiger partial charge is 0.493 e. The number of ether oxygens (including phenoxy) is 2. The summed E-state index contributed by atoms with van der Waals surface area (Å²) in [4.78, 5) is 12.5. The third-order valence-electron chi connectivity index (χ3n) is 4.61. The van der Waals surface area contributed by atoms with Crippen LogP contribution in [0.25, 0.3) is 0 Å². The molecule has 8 heteroatoms. The van der Waals surface area contributed by atoms with Crippen molar-refractivity contribution in [3.63, 3.8) is 0 Å². The summed E-state index contributed by atoms with van der Waals surface area (Å²) in [6.07, 6.45) is 0.562. The van der Waals surface area contributed by atoms with Gasteiger partial charge in [-0.05, 0) is 37.1 Å². The van der Waals surface area contributed by atoms with Crippen LogP contribution in [0.15, 0.2) is 39.9 Å². The molecule has 1 heterocycles. The normalized spacial score (nSPS) is 16.0. The Hall–Kier alpha value is -2.25. The number of fused-ring (bicyclic) bond motifs is 1. The topological polar surface area (TPSA) is 63.2 Å². The second kappa shape index (κ2) is 8.41. The maximum atomic E-state index is 12.5. The molecule has 2 aromatic rings. The van der Waals surface area contributed by atoms with Crippen LogP contribution in [0.1, 0.15) is 23.6 Å². The van der Waals surface area contributed by atoms with E-state index in [1.165, 1.54) is 5.01 Å². The quantitative estimate of drug-likeness (QED) is 0.726. The van der Waals surface area contributed by atoms with Crippen LogP contribution in [0.3, 0.4) is 0 Å². The van der Waals surface area contributed by atoms with Gasteiger partial charge in [-0.15, -0.1) is 0 Å². The number of carbonyl (C=O) groups excluding carboxylic acids is 1. The summed E-state index contributed by atoms with van der Waals surface area (Å²) in [6.45, 7) is 1.94. The lowest BCUT2D eigenvalue weighted by molar-refractivity contribution is 0.184. The third kappa shape index (κ3) is 3.69. The van der Waals surface area contributed by atoms with E-state index in [1.54, 1.807) is 21.3 Å².